The summed E-state index contributed by atoms with van der Waals surface area (Å²) in [6.45, 7) is 0.740. The van der Waals surface area contributed by atoms with Crippen LogP contribution in [0, 0.1) is 5.82 Å². The first kappa shape index (κ1) is 18.9. The number of thiazole rings is 1. The Morgan fingerprint density at radius 2 is 2.00 bits per heavy atom. The van der Waals surface area contributed by atoms with Gasteiger partial charge in [-0.25, -0.2) is 9.37 Å². The number of para-hydroxylation sites is 1. The third-order valence-electron chi connectivity index (χ3n) is 5.29. The van der Waals surface area contributed by atoms with Crippen LogP contribution in [0.15, 0.2) is 53.1 Å². The van der Waals surface area contributed by atoms with Gasteiger partial charge in [0.25, 0.3) is 0 Å². The Kier molecular flexibility index (Phi) is 5.00. The molecule has 4 aromatic rings. The Hall–Kier alpha value is -3.13. The topological polar surface area (TPSA) is 72.1 Å². The molecule has 0 spiro atoms. The first-order valence-electron chi connectivity index (χ1n) is 9.91. The molecule has 3 heterocycles. The van der Waals surface area contributed by atoms with Gasteiger partial charge in [0.2, 0.25) is 17.6 Å². The third-order valence-corrected chi connectivity index (χ3v) is 6.43. The molecule has 5 rings (SSSR count). The van der Waals surface area contributed by atoms with Gasteiger partial charge in [-0.2, -0.15) is 4.98 Å². The van der Waals surface area contributed by atoms with Gasteiger partial charge in [0.05, 0.1) is 16.3 Å². The zero-order valence-electron chi connectivity index (χ0n) is 16.1. The maximum atomic E-state index is 13.1. The molecule has 1 fully saturated rings. The van der Waals surface area contributed by atoms with E-state index in [2.05, 4.69) is 16.2 Å². The van der Waals surface area contributed by atoms with Crippen LogP contribution in [0.5, 0.6) is 0 Å². The summed E-state index contributed by atoms with van der Waals surface area (Å²) in [5.41, 5.74) is 1.66. The minimum absolute atomic E-state index is 0.0346. The Balaban J connectivity index is 1.25. The fraction of sp³-hybridized carbons (Fsp3) is 0.273. The first-order chi connectivity index (χ1) is 14.7. The summed E-state index contributed by atoms with van der Waals surface area (Å²) in [7, 11) is 0. The van der Waals surface area contributed by atoms with Crippen LogP contribution in [-0.2, 0) is 11.2 Å². The van der Waals surface area contributed by atoms with Crippen molar-refractivity contribution in [1.82, 2.24) is 20.0 Å². The highest BCUT2D eigenvalue weighted by atomic mass is 32.1. The van der Waals surface area contributed by atoms with E-state index in [4.69, 9.17) is 9.51 Å². The minimum atomic E-state index is -0.318. The molecular formula is C22H19FN4O2S. The largest absolute Gasteiger partial charge is 0.339 e. The van der Waals surface area contributed by atoms with Crippen molar-refractivity contribution >= 4 is 27.5 Å². The molecule has 2 aromatic heterocycles. The van der Waals surface area contributed by atoms with Crippen LogP contribution in [0.4, 0.5) is 4.39 Å². The van der Waals surface area contributed by atoms with E-state index in [0.717, 1.165) is 34.6 Å². The molecule has 1 aliphatic rings. The van der Waals surface area contributed by atoms with E-state index in [9.17, 15) is 9.18 Å². The van der Waals surface area contributed by atoms with Crippen LogP contribution in [0.3, 0.4) is 0 Å². The molecule has 0 N–H and O–H groups in total. The Labute approximate surface area is 176 Å². The smallest absolute Gasteiger partial charge is 0.227 e. The molecule has 1 amide bonds. The standard InChI is InChI=1S/C22H19FN4O2S/c23-15-9-7-14(8-10-15)21-25-19(29-26-21)11-12-20(28)27-13-3-5-17(27)22-24-16-4-1-2-6-18(16)30-22/h1-2,4,6-10,17H,3,5,11-13H2/t17-/m0/s1. The van der Waals surface area contributed by atoms with Crippen LogP contribution in [0.1, 0.15) is 36.2 Å². The summed E-state index contributed by atoms with van der Waals surface area (Å²) >= 11 is 1.66. The average Bonchev–Trinajstić information content (AvgIpc) is 3.51. The van der Waals surface area contributed by atoms with E-state index in [1.54, 1.807) is 23.5 Å². The van der Waals surface area contributed by atoms with Crippen molar-refractivity contribution in [3.63, 3.8) is 0 Å². The van der Waals surface area contributed by atoms with Crippen molar-refractivity contribution in [2.75, 3.05) is 6.54 Å². The lowest BCUT2D eigenvalue weighted by Crippen LogP contribution is -2.30. The van der Waals surface area contributed by atoms with Gasteiger partial charge in [0.15, 0.2) is 0 Å². The van der Waals surface area contributed by atoms with Crippen LogP contribution >= 0.6 is 11.3 Å². The summed E-state index contributed by atoms with van der Waals surface area (Å²) in [6, 6.07) is 14.0. The van der Waals surface area contributed by atoms with Gasteiger partial charge in [0.1, 0.15) is 10.8 Å². The molecule has 6 nitrogen and oxygen atoms in total. The number of amides is 1. The van der Waals surface area contributed by atoms with Crippen molar-refractivity contribution in [1.29, 1.82) is 0 Å². The minimum Gasteiger partial charge on any atom is -0.339 e. The fourth-order valence-electron chi connectivity index (χ4n) is 3.78. The van der Waals surface area contributed by atoms with Gasteiger partial charge in [-0.1, -0.05) is 17.3 Å². The Morgan fingerprint density at radius 3 is 2.83 bits per heavy atom. The van der Waals surface area contributed by atoms with Crippen molar-refractivity contribution in [3.05, 3.63) is 65.2 Å². The molecule has 152 valence electrons. The maximum Gasteiger partial charge on any atom is 0.227 e. The summed E-state index contributed by atoms with van der Waals surface area (Å²) in [6.07, 6.45) is 2.57. The molecule has 0 unspecified atom stereocenters. The van der Waals surface area contributed by atoms with Crippen molar-refractivity contribution < 1.29 is 13.7 Å². The molecule has 0 bridgehead atoms. The van der Waals surface area contributed by atoms with E-state index >= 15 is 0 Å². The molecule has 1 atom stereocenters. The number of rotatable bonds is 5. The molecule has 0 radical (unpaired) electrons. The molecule has 1 saturated heterocycles. The van der Waals surface area contributed by atoms with Gasteiger partial charge >= 0.3 is 0 Å². The SMILES string of the molecule is O=C(CCc1nc(-c2ccc(F)cc2)no1)N1CCC[C@H]1c1nc2ccccc2s1. The number of carbonyl (C=O) groups excluding carboxylic acids is 1. The summed E-state index contributed by atoms with van der Waals surface area (Å²) in [4.78, 5) is 23.9. The van der Waals surface area contributed by atoms with E-state index in [1.165, 1.54) is 12.1 Å². The second-order valence-corrected chi connectivity index (χ2v) is 8.35. The van der Waals surface area contributed by atoms with Gasteiger partial charge in [-0.3, -0.25) is 4.79 Å². The van der Waals surface area contributed by atoms with Crippen molar-refractivity contribution in [2.45, 2.75) is 31.7 Å². The molecule has 0 aliphatic carbocycles. The van der Waals surface area contributed by atoms with Gasteiger partial charge in [-0.05, 0) is 49.2 Å². The molecule has 30 heavy (non-hydrogen) atoms. The highest BCUT2D eigenvalue weighted by molar-refractivity contribution is 7.18. The second-order valence-electron chi connectivity index (χ2n) is 7.28. The number of halogens is 1. The van der Waals surface area contributed by atoms with E-state index in [-0.39, 0.29) is 17.8 Å². The third kappa shape index (κ3) is 3.70. The van der Waals surface area contributed by atoms with E-state index < -0.39 is 0 Å². The van der Waals surface area contributed by atoms with E-state index in [1.807, 2.05) is 23.1 Å². The molecule has 0 saturated carbocycles. The highest BCUT2D eigenvalue weighted by Crippen LogP contribution is 2.36. The number of nitrogens with zero attached hydrogens (tertiary/aromatic N) is 4. The normalized spacial score (nSPS) is 16.4. The van der Waals surface area contributed by atoms with Crippen LogP contribution < -0.4 is 0 Å². The maximum absolute atomic E-state index is 13.1. The van der Waals surface area contributed by atoms with Crippen molar-refractivity contribution in [2.24, 2.45) is 0 Å². The number of aryl methyl sites for hydroxylation is 1. The number of hydrogen-bond acceptors (Lipinski definition) is 6. The quantitative estimate of drug-likeness (QED) is 0.463. The van der Waals surface area contributed by atoms with Crippen LogP contribution in [0.2, 0.25) is 0 Å². The van der Waals surface area contributed by atoms with E-state index in [0.29, 0.717) is 30.1 Å². The number of fused-ring (bicyclic) bond motifs is 1. The Morgan fingerprint density at radius 1 is 1.17 bits per heavy atom. The number of carbonyl (C=O) groups is 1. The Bertz CT molecular complexity index is 1150. The average molecular weight is 422 g/mol. The molecule has 1 aliphatic heterocycles. The van der Waals surface area contributed by atoms with Crippen LogP contribution in [-0.4, -0.2) is 32.5 Å². The second kappa shape index (κ2) is 7.95. The number of likely N-dealkylation sites (tertiary alicyclic amines) is 1. The van der Waals surface area contributed by atoms with Gasteiger partial charge < -0.3 is 9.42 Å². The van der Waals surface area contributed by atoms with Gasteiger partial charge in [0, 0.05) is 24.9 Å². The first-order valence-corrected chi connectivity index (χ1v) is 10.7. The zero-order chi connectivity index (χ0) is 20.5. The summed E-state index contributed by atoms with van der Waals surface area (Å²) in [5.74, 6) is 0.545. The molecule has 8 heteroatoms. The monoisotopic (exact) mass is 422 g/mol. The van der Waals surface area contributed by atoms with Crippen molar-refractivity contribution in [3.8, 4) is 11.4 Å². The lowest BCUT2D eigenvalue weighted by atomic mass is 10.2. The number of hydrogen-bond donors (Lipinski definition) is 0. The lowest BCUT2D eigenvalue weighted by Gasteiger charge is -2.22. The fourth-order valence-corrected chi connectivity index (χ4v) is 4.90. The number of aromatic nitrogens is 3. The predicted octanol–water partition coefficient (Wildman–Crippen LogP) is 4.78. The van der Waals surface area contributed by atoms with Crippen LogP contribution in [0.25, 0.3) is 21.6 Å². The van der Waals surface area contributed by atoms with Gasteiger partial charge in [-0.15, -0.1) is 11.3 Å². The lowest BCUT2D eigenvalue weighted by molar-refractivity contribution is -0.132. The number of benzene rings is 2. The molecular weight excluding hydrogens is 403 g/mol. The summed E-state index contributed by atoms with van der Waals surface area (Å²) in [5, 5.41) is 4.94. The molecule has 2 aromatic carbocycles. The predicted molar refractivity (Wildman–Crippen MR) is 111 cm³/mol. The highest BCUT2D eigenvalue weighted by Gasteiger charge is 2.32. The zero-order valence-corrected chi connectivity index (χ0v) is 16.9. The summed E-state index contributed by atoms with van der Waals surface area (Å²) < 4.78 is 19.5.